The topological polar surface area (TPSA) is 6.48 Å². The van der Waals surface area contributed by atoms with Crippen LogP contribution in [0.1, 0.15) is 271 Å². The first-order valence-electron chi connectivity index (χ1n) is 23.5. The zero-order valence-corrected chi connectivity index (χ0v) is 34.6. The summed E-state index contributed by atoms with van der Waals surface area (Å²) in [5.74, 6) is 0. The van der Waals surface area contributed by atoms with Gasteiger partial charge in [0.25, 0.3) is 0 Å². The highest BCUT2D eigenvalue weighted by Crippen LogP contribution is 2.24. The molecule has 0 saturated carbocycles. The smallest absolute Gasteiger partial charge is 0.101 e. The molecule has 0 aliphatic carbocycles. The normalized spacial score (nSPS) is 14.6. The molecule has 292 valence electrons. The fourth-order valence-electron chi connectivity index (χ4n) is 8.13. The Hall–Kier alpha value is -0.660. The Morgan fingerprint density at radius 2 is 0.469 bits per heavy atom. The van der Waals surface area contributed by atoms with Crippen molar-refractivity contribution in [3.63, 3.8) is 0 Å². The second-order valence-corrected chi connectivity index (χ2v) is 16.4. The molecule has 0 radical (unpaired) electrons. The third-order valence-electron chi connectivity index (χ3n) is 11.6. The Morgan fingerprint density at radius 1 is 0.265 bits per heavy atom. The van der Waals surface area contributed by atoms with E-state index in [-0.39, 0.29) is 0 Å². The summed E-state index contributed by atoms with van der Waals surface area (Å²) in [6.07, 6.45) is 61.9. The maximum absolute atomic E-state index is 2.73. The number of unbranched alkanes of at least 4 members (excludes halogenated alkanes) is 35. The van der Waals surface area contributed by atoms with Crippen molar-refractivity contribution < 1.29 is 0 Å². The molecule has 1 aliphatic rings. The molecule has 1 heterocycles. The lowest BCUT2D eigenvalue weighted by atomic mass is 10.0. The molecule has 49 heavy (non-hydrogen) atoms. The van der Waals surface area contributed by atoms with E-state index in [4.69, 9.17) is 0 Å². The third kappa shape index (κ3) is 30.7. The summed E-state index contributed by atoms with van der Waals surface area (Å²) in [5.41, 5.74) is 0. The van der Waals surface area contributed by atoms with Crippen molar-refractivity contribution in [3.05, 3.63) is 12.4 Å². The maximum Gasteiger partial charge on any atom is 0.101 e. The van der Waals surface area contributed by atoms with Gasteiger partial charge in [0.2, 0.25) is 0 Å². The number of rotatable bonds is 41. The molecular formula is C47H94N2. The highest BCUT2D eigenvalue weighted by Gasteiger charge is 2.24. The molecule has 0 saturated heterocycles. The van der Waals surface area contributed by atoms with Gasteiger partial charge in [-0.05, 0) is 25.7 Å². The summed E-state index contributed by atoms with van der Waals surface area (Å²) in [5, 5.41) is 0. The van der Waals surface area contributed by atoms with Gasteiger partial charge in [0.1, 0.15) is 6.17 Å². The first-order chi connectivity index (χ1) is 24.3. The first kappa shape index (κ1) is 46.4. The van der Waals surface area contributed by atoms with Crippen molar-refractivity contribution in [2.45, 2.75) is 277 Å². The molecule has 1 rings (SSSR count). The number of hydrogen-bond acceptors (Lipinski definition) is 2. The Bertz CT molecular complexity index is 644. The van der Waals surface area contributed by atoms with Gasteiger partial charge in [-0.2, -0.15) is 0 Å². The molecule has 1 atom stereocenters. The SMILES string of the molecule is CCCCCCCCCCCCCCCCCN1C=CN(CCCCCCCCCCCCCCCC)C1CCCCCCCCCCC. The lowest BCUT2D eigenvalue weighted by Crippen LogP contribution is -2.39. The van der Waals surface area contributed by atoms with Crippen LogP contribution in [0.15, 0.2) is 12.4 Å². The molecule has 0 spiro atoms. The van der Waals surface area contributed by atoms with Crippen LogP contribution in [0.4, 0.5) is 0 Å². The molecule has 2 heteroatoms. The quantitative estimate of drug-likeness (QED) is 0.0591. The van der Waals surface area contributed by atoms with Crippen LogP contribution < -0.4 is 0 Å². The van der Waals surface area contributed by atoms with Gasteiger partial charge in [0.05, 0.1) is 0 Å². The minimum Gasteiger partial charge on any atom is -0.356 e. The minimum absolute atomic E-state index is 0.637. The van der Waals surface area contributed by atoms with E-state index in [0.717, 1.165) is 0 Å². The monoisotopic (exact) mass is 687 g/mol. The second-order valence-electron chi connectivity index (χ2n) is 16.4. The van der Waals surface area contributed by atoms with Crippen LogP contribution in [-0.4, -0.2) is 29.1 Å². The number of nitrogens with zero attached hydrogens (tertiary/aromatic N) is 2. The van der Waals surface area contributed by atoms with E-state index in [9.17, 15) is 0 Å². The predicted molar refractivity (Wildman–Crippen MR) is 223 cm³/mol. The Labute approximate surface area is 311 Å². The van der Waals surface area contributed by atoms with Gasteiger partial charge in [-0.25, -0.2) is 0 Å². The lowest BCUT2D eigenvalue weighted by Gasteiger charge is -2.33. The zero-order chi connectivity index (χ0) is 35.1. The van der Waals surface area contributed by atoms with E-state index in [1.807, 2.05) is 0 Å². The Balaban J connectivity index is 2.17. The second kappa shape index (κ2) is 38.6. The fourth-order valence-corrected chi connectivity index (χ4v) is 8.13. The average molecular weight is 687 g/mol. The predicted octanol–water partition coefficient (Wildman–Crippen LogP) is 16.7. The van der Waals surface area contributed by atoms with Crippen LogP contribution in [0.2, 0.25) is 0 Å². The van der Waals surface area contributed by atoms with Crippen molar-refractivity contribution in [1.29, 1.82) is 0 Å². The fraction of sp³-hybridized carbons (Fsp3) is 0.957. The van der Waals surface area contributed by atoms with E-state index in [0.29, 0.717) is 6.17 Å². The van der Waals surface area contributed by atoms with Gasteiger partial charge in [-0.3, -0.25) is 0 Å². The minimum atomic E-state index is 0.637. The summed E-state index contributed by atoms with van der Waals surface area (Å²) in [6, 6.07) is 0. The number of hydrogen-bond donors (Lipinski definition) is 0. The molecule has 0 N–H and O–H groups in total. The Kier molecular flexibility index (Phi) is 36.5. The van der Waals surface area contributed by atoms with Crippen LogP contribution in [-0.2, 0) is 0 Å². The largest absolute Gasteiger partial charge is 0.356 e. The van der Waals surface area contributed by atoms with Crippen LogP contribution in [0.25, 0.3) is 0 Å². The lowest BCUT2D eigenvalue weighted by molar-refractivity contribution is 0.135. The molecule has 1 aliphatic heterocycles. The Morgan fingerprint density at radius 3 is 0.714 bits per heavy atom. The average Bonchev–Trinajstić information content (AvgIpc) is 3.50. The highest BCUT2D eigenvalue weighted by molar-refractivity contribution is 4.97. The summed E-state index contributed by atoms with van der Waals surface area (Å²) < 4.78 is 0. The summed E-state index contributed by atoms with van der Waals surface area (Å²) >= 11 is 0. The van der Waals surface area contributed by atoms with Crippen molar-refractivity contribution in [2.24, 2.45) is 0 Å². The summed E-state index contributed by atoms with van der Waals surface area (Å²) in [7, 11) is 0. The van der Waals surface area contributed by atoms with Gasteiger partial charge in [-0.15, -0.1) is 0 Å². The molecule has 0 amide bonds. The summed E-state index contributed by atoms with van der Waals surface area (Å²) in [6.45, 7) is 9.49. The van der Waals surface area contributed by atoms with Gasteiger partial charge in [0, 0.05) is 25.5 Å². The molecular weight excluding hydrogens is 593 g/mol. The maximum atomic E-state index is 2.73. The molecule has 0 aromatic carbocycles. The van der Waals surface area contributed by atoms with E-state index >= 15 is 0 Å². The van der Waals surface area contributed by atoms with Crippen molar-refractivity contribution in [1.82, 2.24) is 9.80 Å². The molecule has 0 aromatic rings. The summed E-state index contributed by atoms with van der Waals surface area (Å²) in [4.78, 5) is 5.47. The van der Waals surface area contributed by atoms with Crippen molar-refractivity contribution >= 4 is 0 Å². The van der Waals surface area contributed by atoms with Crippen LogP contribution in [0, 0.1) is 0 Å². The van der Waals surface area contributed by atoms with Gasteiger partial charge >= 0.3 is 0 Å². The molecule has 0 aromatic heterocycles. The molecule has 0 fully saturated rings. The van der Waals surface area contributed by atoms with E-state index in [1.54, 1.807) is 0 Å². The van der Waals surface area contributed by atoms with Gasteiger partial charge < -0.3 is 9.80 Å². The van der Waals surface area contributed by atoms with Crippen molar-refractivity contribution in [3.8, 4) is 0 Å². The third-order valence-corrected chi connectivity index (χ3v) is 11.6. The molecule has 1 unspecified atom stereocenters. The van der Waals surface area contributed by atoms with E-state index < -0.39 is 0 Å². The van der Waals surface area contributed by atoms with Crippen LogP contribution >= 0.6 is 0 Å². The first-order valence-corrected chi connectivity index (χ1v) is 23.5. The van der Waals surface area contributed by atoms with E-state index in [1.165, 1.54) is 264 Å². The van der Waals surface area contributed by atoms with Gasteiger partial charge in [0.15, 0.2) is 0 Å². The van der Waals surface area contributed by atoms with Gasteiger partial charge in [-0.1, -0.05) is 245 Å². The van der Waals surface area contributed by atoms with Crippen LogP contribution in [0.3, 0.4) is 0 Å². The molecule has 2 nitrogen and oxygen atoms in total. The standard InChI is InChI=1S/C47H94N2/c1-4-7-10-13-16-19-21-23-25-27-29-32-35-38-41-44-49-46-45-48(47(49)42-39-36-33-30-18-15-12-9-6-3)43-40-37-34-31-28-26-24-22-20-17-14-11-8-5-2/h45-47H,4-44H2,1-3H3. The van der Waals surface area contributed by atoms with Crippen molar-refractivity contribution in [2.75, 3.05) is 13.1 Å². The van der Waals surface area contributed by atoms with E-state index in [2.05, 4.69) is 43.0 Å². The zero-order valence-electron chi connectivity index (χ0n) is 34.6. The molecule has 0 bridgehead atoms. The van der Waals surface area contributed by atoms with Crippen LogP contribution in [0.5, 0.6) is 0 Å². The highest BCUT2D eigenvalue weighted by atomic mass is 15.4.